The molecular formula is C20H22N2O2. The van der Waals surface area contributed by atoms with Gasteiger partial charge in [0.15, 0.2) is 0 Å². The van der Waals surface area contributed by atoms with Crippen LogP contribution in [0.1, 0.15) is 32.3 Å². The molecule has 0 aromatic heterocycles. The lowest BCUT2D eigenvalue weighted by molar-refractivity contribution is -0.126. The first kappa shape index (κ1) is 16.4. The van der Waals surface area contributed by atoms with Gasteiger partial charge >= 0.3 is 0 Å². The van der Waals surface area contributed by atoms with E-state index in [1.54, 1.807) is 0 Å². The monoisotopic (exact) mass is 322 g/mol. The summed E-state index contributed by atoms with van der Waals surface area (Å²) in [4.78, 5) is 25.0. The number of nitrogens with two attached hydrogens (primary N) is 1. The molecule has 0 spiro atoms. The fourth-order valence-corrected chi connectivity index (χ4v) is 3.46. The van der Waals surface area contributed by atoms with E-state index in [1.807, 2.05) is 69.3 Å². The summed E-state index contributed by atoms with van der Waals surface area (Å²) in [5, 5.41) is 1.20. The largest absolute Gasteiger partial charge is 0.303 e. The standard InChI is InChI=1S/C20H22N2O2/c1-20(2,3)16(12-23)18-15-10-5-4-8-13(15)14-9-6-7-11-17(14)22(21)19(18)24/h4-12,16,18H,21H2,1-3H3. The van der Waals surface area contributed by atoms with Crippen LogP contribution in [-0.2, 0) is 9.59 Å². The van der Waals surface area contributed by atoms with Crippen LogP contribution < -0.4 is 10.9 Å². The smallest absolute Gasteiger partial charge is 0.249 e. The Morgan fingerprint density at radius 1 is 1.04 bits per heavy atom. The van der Waals surface area contributed by atoms with Gasteiger partial charge in [0.25, 0.3) is 0 Å². The number of benzene rings is 2. The Balaban J connectivity index is 2.30. The molecule has 1 amide bonds. The highest BCUT2D eigenvalue weighted by atomic mass is 16.2. The minimum absolute atomic E-state index is 0.251. The van der Waals surface area contributed by atoms with Crippen LogP contribution in [-0.4, -0.2) is 12.2 Å². The highest BCUT2D eigenvalue weighted by Gasteiger charge is 2.42. The highest BCUT2D eigenvalue weighted by Crippen LogP contribution is 2.45. The predicted octanol–water partition coefficient (Wildman–Crippen LogP) is 3.52. The highest BCUT2D eigenvalue weighted by molar-refractivity contribution is 6.05. The van der Waals surface area contributed by atoms with Gasteiger partial charge in [-0.25, -0.2) is 10.9 Å². The van der Waals surface area contributed by atoms with Crippen molar-refractivity contribution in [1.82, 2.24) is 0 Å². The molecule has 1 heterocycles. The summed E-state index contributed by atoms with van der Waals surface area (Å²) in [7, 11) is 0. The number of carbonyl (C=O) groups is 2. The van der Waals surface area contributed by atoms with Gasteiger partial charge in [-0.1, -0.05) is 63.2 Å². The fraction of sp³-hybridized carbons (Fsp3) is 0.300. The summed E-state index contributed by atoms with van der Waals surface area (Å²) in [5.41, 5.74) is 3.03. The molecule has 4 heteroatoms. The minimum atomic E-state index is -0.601. The molecule has 2 N–H and O–H groups in total. The van der Waals surface area contributed by atoms with Crippen molar-refractivity contribution in [1.29, 1.82) is 0 Å². The Morgan fingerprint density at radius 3 is 2.25 bits per heavy atom. The van der Waals surface area contributed by atoms with Crippen LogP contribution in [0.2, 0.25) is 0 Å². The van der Waals surface area contributed by atoms with E-state index in [4.69, 9.17) is 5.84 Å². The summed E-state index contributed by atoms with van der Waals surface area (Å²) in [6.45, 7) is 5.92. The van der Waals surface area contributed by atoms with E-state index in [2.05, 4.69) is 0 Å². The molecule has 1 aliphatic rings. The van der Waals surface area contributed by atoms with Crippen molar-refractivity contribution in [3.8, 4) is 11.1 Å². The van der Waals surface area contributed by atoms with E-state index in [0.717, 1.165) is 23.0 Å². The first-order valence-electron chi connectivity index (χ1n) is 8.08. The van der Waals surface area contributed by atoms with Crippen LogP contribution >= 0.6 is 0 Å². The summed E-state index contributed by atoms with van der Waals surface area (Å²) < 4.78 is 0. The van der Waals surface area contributed by atoms with Crippen molar-refractivity contribution in [3.05, 3.63) is 54.1 Å². The average molecular weight is 322 g/mol. The quantitative estimate of drug-likeness (QED) is 0.523. The topological polar surface area (TPSA) is 63.4 Å². The number of amides is 1. The molecule has 1 aliphatic heterocycles. The number of anilines is 1. The normalized spacial score (nSPS) is 18.4. The molecule has 2 unspecified atom stereocenters. The van der Waals surface area contributed by atoms with Crippen LogP contribution in [0.4, 0.5) is 5.69 Å². The summed E-state index contributed by atoms with van der Waals surface area (Å²) in [6, 6.07) is 15.3. The van der Waals surface area contributed by atoms with Gasteiger partial charge in [0, 0.05) is 11.5 Å². The van der Waals surface area contributed by atoms with Crippen molar-refractivity contribution >= 4 is 17.9 Å². The van der Waals surface area contributed by atoms with Gasteiger partial charge in [0.2, 0.25) is 5.91 Å². The number of aldehydes is 1. The first-order chi connectivity index (χ1) is 11.4. The van der Waals surface area contributed by atoms with E-state index in [9.17, 15) is 9.59 Å². The molecule has 2 atom stereocenters. The van der Waals surface area contributed by atoms with E-state index < -0.39 is 11.8 Å². The van der Waals surface area contributed by atoms with Gasteiger partial charge in [-0.05, 0) is 22.6 Å². The molecular weight excluding hydrogens is 300 g/mol. The van der Waals surface area contributed by atoms with Crippen molar-refractivity contribution in [2.24, 2.45) is 17.2 Å². The molecule has 2 aromatic rings. The number of para-hydroxylation sites is 1. The molecule has 0 aliphatic carbocycles. The summed E-state index contributed by atoms with van der Waals surface area (Å²) >= 11 is 0. The molecule has 0 saturated carbocycles. The number of hydrogen-bond acceptors (Lipinski definition) is 3. The van der Waals surface area contributed by atoms with Crippen LogP contribution in [0.25, 0.3) is 11.1 Å². The number of carbonyl (C=O) groups excluding carboxylic acids is 2. The zero-order valence-corrected chi connectivity index (χ0v) is 14.2. The summed E-state index contributed by atoms with van der Waals surface area (Å²) in [6.07, 6.45) is 0.892. The lowest BCUT2D eigenvalue weighted by Crippen LogP contribution is -2.44. The van der Waals surface area contributed by atoms with E-state index in [0.29, 0.717) is 5.69 Å². The Kier molecular flexibility index (Phi) is 4.01. The van der Waals surface area contributed by atoms with Crippen LogP contribution in [0, 0.1) is 11.3 Å². The maximum atomic E-state index is 13.2. The number of nitrogens with zero attached hydrogens (tertiary/aromatic N) is 1. The van der Waals surface area contributed by atoms with Crippen molar-refractivity contribution in [2.75, 3.05) is 5.01 Å². The minimum Gasteiger partial charge on any atom is -0.303 e. The Bertz CT molecular complexity index is 792. The van der Waals surface area contributed by atoms with E-state index >= 15 is 0 Å². The van der Waals surface area contributed by atoms with Crippen LogP contribution in [0.3, 0.4) is 0 Å². The molecule has 0 fully saturated rings. The number of hydrazine groups is 1. The molecule has 0 radical (unpaired) electrons. The second-order valence-electron chi connectivity index (χ2n) is 7.32. The first-order valence-corrected chi connectivity index (χ1v) is 8.08. The lowest BCUT2D eigenvalue weighted by atomic mass is 9.70. The van der Waals surface area contributed by atoms with Crippen molar-refractivity contribution < 1.29 is 9.59 Å². The zero-order chi connectivity index (χ0) is 17.5. The molecule has 0 bridgehead atoms. The predicted molar refractivity (Wildman–Crippen MR) is 95.3 cm³/mol. The number of hydrogen-bond donors (Lipinski definition) is 1. The molecule has 124 valence electrons. The number of rotatable bonds is 2. The third-order valence-corrected chi connectivity index (χ3v) is 4.76. The Morgan fingerprint density at radius 2 is 1.62 bits per heavy atom. The molecule has 0 saturated heterocycles. The van der Waals surface area contributed by atoms with Gasteiger partial charge in [-0.3, -0.25) is 4.79 Å². The maximum absolute atomic E-state index is 13.2. The van der Waals surface area contributed by atoms with Gasteiger partial charge < -0.3 is 4.79 Å². The van der Waals surface area contributed by atoms with Gasteiger partial charge in [-0.15, -0.1) is 0 Å². The molecule has 3 rings (SSSR count). The van der Waals surface area contributed by atoms with E-state index in [1.165, 1.54) is 5.01 Å². The van der Waals surface area contributed by atoms with Crippen molar-refractivity contribution in [3.63, 3.8) is 0 Å². The van der Waals surface area contributed by atoms with Gasteiger partial charge in [-0.2, -0.15) is 0 Å². The fourth-order valence-electron chi connectivity index (χ4n) is 3.46. The van der Waals surface area contributed by atoms with Gasteiger partial charge in [0.1, 0.15) is 6.29 Å². The number of fused-ring (bicyclic) bond motifs is 3. The van der Waals surface area contributed by atoms with E-state index in [-0.39, 0.29) is 11.3 Å². The third kappa shape index (κ3) is 2.53. The van der Waals surface area contributed by atoms with Crippen LogP contribution in [0.15, 0.2) is 48.5 Å². The summed E-state index contributed by atoms with van der Waals surface area (Å²) in [5.74, 6) is 4.85. The lowest BCUT2D eigenvalue weighted by Gasteiger charge is -2.33. The molecule has 4 nitrogen and oxygen atoms in total. The zero-order valence-electron chi connectivity index (χ0n) is 14.2. The maximum Gasteiger partial charge on any atom is 0.249 e. The van der Waals surface area contributed by atoms with Crippen molar-refractivity contribution in [2.45, 2.75) is 26.7 Å². The Labute approximate surface area is 142 Å². The molecule has 2 aromatic carbocycles. The van der Waals surface area contributed by atoms with Gasteiger partial charge in [0.05, 0.1) is 11.6 Å². The SMILES string of the molecule is CC(C)(C)C(C=O)C1C(=O)N(N)c2ccccc2-c2ccccc21. The molecule has 24 heavy (non-hydrogen) atoms. The average Bonchev–Trinajstić information content (AvgIpc) is 2.65. The second-order valence-corrected chi connectivity index (χ2v) is 7.32. The third-order valence-electron chi connectivity index (χ3n) is 4.76. The second kappa shape index (κ2) is 5.87. The van der Waals surface area contributed by atoms with Crippen LogP contribution in [0.5, 0.6) is 0 Å². The Hall–Kier alpha value is -2.46.